The molecule has 0 unspecified atom stereocenters. The number of ether oxygens (including phenoxy) is 2. The average molecular weight is 492 g/mol. The Morgan fingerprint density at radius 3 is 2.48 bits per heavy atom. The number of nitrogens with zero attached hydrogens (tertiary/aromatic N) is 3. The number of sulfonamides is 1. The van der Waals surface area contributed by atoms with Gasteiger partial charge in [0.05, 0.1) is 37.1 Å². The fourth-order valence-corrected chi connectivity index (χ4v) is 4.51. The highest BCUT2D eigenvalue weighted by atomic mass is 32.2. The molecule has 0 atom stereocenters. The number of carbonyl (C=O) groups excluding carboxylic acids is 1. The molecule has 0 aliphatic carbocycles. The monoisotopic (exact) mass is 491 g/mol. The summed E-state index contributed by atoms with van der Waals surface area (Å²) >= 11 is 1.18. The number of anilines is 1. The van der Waals surface area contributed by atoms with Crippen molar-refractivity contribution in [3.05, 3.63) is 53.9 Å². The third kappa shape index (κ3) is 6.24. The molecule has 0 radical (unpaired) electrons. The van der Waals surface area contributed by atoms with Gasteiger partial charge in [0.25, 0.3) is 0 Å². The molecule has 1 heterocycles. The Kier molecular flexibility index (Phi) is 7.95. The number of aromatic nitrogens is 3. The maximum absolute atomic E-state index is 12.5. The van der Waals surface area contributed by atoms with E-state index in [1.807, 2.05) is 6.92 Å². The summed E-state index contributed by atoms with van der Waals surface area (Å²) in [5.74, 6) is 1.34. The first-order valence-electron chi connectivity index (χ1n) is 9.82. The lowest BCUT2D eigenvalue weighted by Crippen LogP contribution is -2.24. The minimum absolute atomic E-state index is 0.0322. The molecule has 10 nitrogen and oxygen atoms in total. The van der Waals surface area contributed by atoms with Crippen molar-refractivity contribution < 1.29 is 22.7 Å². The predicted octanol–water partition coefficient (Wildman–Crippen LogP) is 2.35. The van der Waals surface area contributed by atoms with Gasteiger partial charge in [-0.1, -0.05) is 29.5 Å². The maximum atomic E-state index is 12.5. The van der Waals surface area contributed by atoms with Crippen LogP contribution in [0.15, 0.2) is 52.5 Å². The lowest BCUT2D eigenvalue weighted by Gasteiger charge is -2.11. The molecule has 1 aromatic heterocycles. The quantitative estimate of drug-likeness (QED) is 0.414. The first kappa shape index (κ1) is 24.6. The van der Waals surface area contributed by atoms with E-state index >= 15 is 0 Å². The predicted molar refractivity (Wildman–Crippen MR) is 125 cm³/mol. The molecule has 1 amide bonds. The zero-order valence-corrected chi connectivity index (χ0v) is 20.3. The number of aryl methyl sites for hydroxylation is 1. The summed E-state index contributed by atoms with van der Waals surface area (Å²) in [5, 5.41) is 11.4. The number of nitrogens with one attached hydrogen (secondary N) is 2. The van der Waals surface area contributed by atoms with E-state index in [0.29, 0.717) is 28.2 Å². The Morgan fingerprint density at radius 2 is 1.82 bits per heavy atom. The van der Waals surface area contributed by atoms with E-state index in [0.717, 1.165) is 5.56 Å². The molecular weight excluding hydrogens is 466 g/mol. The van der Waals surface area contributed by atoms with E-state index in [9.17, 15) is 13.2 Å². The Hall–Kier alpha value is -3.09. The van der Waals surface area contributed by atoms with Gasteiger partial charge in [0.2, 0.25) is 15.9 Å². The first-order chi connectivity index (χ1) is 15.7. The van der Waals surface area contributed by atoms with Crippen LogP contribution in [0, 0.1) is 6.92 Å². The second-order valence-corrected chi connectivity index (χ2v) is 9.71. The van der Waals surface area contributed by atoms with Crippen molar-refractivity contribution >= 4 is 33.4 Å². The molecule has 0 fully saturated rings. The largest absolute Gasteiger partial charge is 0.497 e. The molecule has 0 saturated carbocycles. The van der Waals surface area contributed by atoms with Gasteiger partial charge in [-0.2, -0.15) is 0 Å². The van der Waals surface area contributed by atoms with Crippen LogP contribution in [0.25, 0.3) is 0 Å². The summed E-state index contributed by atoms with van der Waals surface area (Å²) in [5.41, 5.74) is 1.49. The van der Waals surface area contributed by atoms with Crippen LogP contribution in [0.2, 0.25) is 0 Å². The van der Waals surface area contributed by atoms with Crippen molar-refractivity contribution in [2.45, 2.75) is 23.5 Å². The summed E-state index contributed by atoms with van der Waals surface area (Å²) in [6, 6.07) is 11.7. The number of benzene rings is 2. The third-order valence-electron chi connectivity index (χ3n) is 4.69. The van der Waals surface area contributed by atoms with Gasteiger partial charge in [0.1, 0.15) is 17.3 Å². The number of thioether (sulfide) groups is 1. The summed E-state index contributed by atoms with van der Waals surface area (Å²) in [4.78, 5) is 12.6. The molecular formula is C21H25N5O5S2. The van der Waals surface area contributed by atoms with Crippen molar-refractivity contribution in [3.8, 4) is 11.5 Å². The molecule has 0 aliphatic rings. The first-order valence-corrected chi connectivity index (χ1v) is 12.3. The molecule has 0 bridgehead atoms. The second kappa shape index (κ2) is 10.7. The number of amides is 1. The van der Waals surface area contributed by atoms with Crippen molar-refractivity contribution in [2.24, 2.45) is 7.05 Å². The minimum Gasteiger partial charge on any atom is -0.497 e. The maximum Gasteiger partial charge on any atom is 0.240 e. The number of rotatable bonds is 10. The molecule has 0 spiro atoms. The van der Waals surface area contributed by atoms with E-state index in [-0.39, 0.29) is 23.1 Å². The second-order valence-electron chi connectivity index (χ2n) is 7.00. The minimum atomic E-state index is -3.68. The molecule has 33 heavy (non-hydrogen) atoms. The highest BCUT2D eigenvalue weighted by Crippen LogP contribution is 2.29. The van der Waals surface area contributed by atoms with Crippen LogP contribution in [-0.4, -0.2) is 49.1 Å². The van der Waals surface area contributed by atoms with Crippen LogP contribution in [0.5, 0.6) is 11.5 Å². The fraction of sp³-hybridized carbons (Fsp3) is 0.286. The van der Waals surface area contributed by atoms with E-state index in [1.54, 1.807) is 61.2 Å². The van der Waals surface area contributed by atoms with E-state index in [1.165, 1.54) is 18.9 Å². The number of methoxy groups -OCH3 is 2. The Bertz CT molecular complexity index is 1230. The summed E-state index contributed by atoms with van der Waals surface area (Å²) < 4.78 is 39.5. The van der Waals surface area contributed by atoms with Gasteiger partial charge in [-0.15, -0.1) is 10.2 Å². The smallest absolute Gasteiger partial charge is 0.240 e. The molecule has 2 N–H and O–H groups in total. The molecule has 0 saturated heterocycles. The molecule has 3 rings (SSSR count). The average Bonchev–Trinajstić information content (AvgIpc) is 3.16. The SMILES string of the molecule is COc1ccc(NC(=O)CSc2nnc(CNS(=O)(=O)c3ccc(C)cc3)n2C)c(OC)c1. The van der Waals surface area contributed by atoms with E-state index in [4.69, 9.17) is 9.47 Å². The topological polar surface area (TPSA) is 124 Å². The number of hydrogen-bond donors (Lipinski definition) is 2. The lowest BCUT2D eigenvalue weighted by molar-refractivity contribution is -0.113. The van der Waals surface area contributed by atoms with Crippen molar-refractivity contribution in [1.29, 1.82) is 0 Å². The van der Waals surface area contributed by atoms with Crippen LogP contribution in [0.1, 0.15) is 11.4 Å². The normalized spacial score (nSPS) is 11.3. The zero-order chi connectivity index (χ0) is 24.0. The van der Waals surface area contributed by atoms with E-state index in [2.05, 4.69) is 20.2 Å². The third-order valence-corrected chi connectivity index (χ3v) is 7.13. The van der Waals surface area contributed by atoms with E-state index < -0.39 is 10.0 Å². The number of carbonyl (C=O) groups is 1. The van der Waals surface area contributed by atoms with Gasteiger partial charge in [0, 0.05) is 13.1 Å². The van der Waals surface area contributed by atoms with Crippen molar-refractivity contribution in [1.82, 2.24) is 19.5 Å². The molecule has 12 heteroatoms. The van der Waals surface area contributed by atoms with Crippen LogP contribution >= 0.6 is 11.8 Å². The van der Waals surface area contributed by atoms with Crippen LogP contribution < -0.4 is 19.5 Å². The Balaban J connectivity index is 1.58. The fourth-order valence-electron chi connectivity index (χ4n) is 2.80. The van der Waals surface area contributed by atoms with Crippen molar-refractivity contribution in [2.75, 3.05) is 25.3 Å². The molecule has 176 valence electrons. The van der Waals surface area contributed by atoms with Gasteiger partial charge in [-0.05, 0) is 31.2 Å². The van der Waals surface area contributed by atoms with Gasteiger partial charge < -0.3 is 19.4 Å². The highest BCUT2D eigenvalue weighted by molar-refractivity contribution is 7.99. The van der Waals surface area contributed by atoms with Gasteiger partial charge in [-0.3, -0.25) is 4.79 Å². The lowest BCUT2D eigenvalue weighted by atomic mass is 10.2. The van der Waals surface area contributed by atoms with Crippen LogP contribution in [-0.2, 0) is 28.4 Å². The van der Waals surface area contributed by atoms with Gasteiger partial charge in [0.15, 0.2) is 5.16 Å². The summed E-state index contributed by atoms with van der Waals surface area (Å²) in [7, 11) is 1.09. The highest BCUT2D eigenvalue weighted by Gasteiger charge is 2.17. The zero-order valence-electron chi connectivity index (χ0n) is 18.7. The van der Waals surface area contributed by atoms with Crippen LogP contribution in [0.3, 0.4) is 0 Å². The summed E-state index contributed by atoms with van der Waals surface area (Å²) in [6.07, 6.45) is 0. The van der Waals surface area contributed by atoms with Crippen LogP contribution in [0.4, 0.5) is 5.69 Å². The van der Waals surface area contributed by atoms with Crippen molar-refractivity contribution in [3.63, 3.8) is 0 Å². The Labute approximate surface area is 196 Å². The Morgan fingerprint density at radius 1 is 1.09 bits per heavy atom. The molecule has 0 aliphatic heterocycles. The standard InChI is InChI=1S/C21H25N5O5S2/c1-14-5-8-16(9-6-14)33(28,29)22-12-19-24-25-21(26(19)2)32-13-20(27)23-17-10-7-15(30-3)11-18(17)31-4/h5-11,22H,12-13H2,1-4H3,(H,23,27). The van der Waals surface area contributed by atoms with Gasteiger partial charge in [-0.25, -0.2) is 13.1 Å². The van der Waals surface area contributed by atoms with Gasteiger partial charge >= 0.3 is 0 Å². The molecule has 3 aromatic rings. The molecule has 2 aromatic carbocycles. The summed E-state index contributed by atoms with van der Waals surface area (Å²) in [6.45, 7) is 1.85. The number of hydrogen-bond acceptors (Lipinski definition) is 8.